The van der Waals surface area contributed by atoms with Gasteiger partial charge in [-0.25, -0.2) is 0 Å². The number of hydrogen-bond donors (Lipinski definition) is 2. The Morgan fingerprint density at radius 2 is 1.89 bits per heavy atom. The minimum atomic E-state index is -0.171. The van der Waals surface area contributed by atoms with Crippen LogP contribution in [-0.4, -0.2) is 17.5 Å². The molecule has 0 saturated carbocycles. The average Bonchev–Trinajstić information content (AvgIpc) is 2.26. The minimum absolute atomic E-state index is 0. The summed E-state index contributed by atoms with van der Waals surface area (Å²) >= 11 is 0. The van der Waals surface area contributed by atoms with E-state index in [9.17, 15) is 4.79 Å². The van der Waals surface area contributed by atoms with E-state index in [1.54, 1.807) is 0 Å². The number of carbonyl (C=O) groups excluding carboxylic acids is 1. The average molecular weight is 269 g/mol. The van der Waals surface area contributed by atoms with Crippen LogP contribution in [0.25, 0.3) is 0 Å². The van der Waals surface area contributed by atoms with Gasteiger partial charge in [-0.2, -0.15) is 0 Å². The van der Waals surface area contributed by atoms with Crippen LogP contribution in [-0.2, 0) is 17.8 Å². The van der Waals surface area contributed by atoms with Crippen molar-refractivity contribution in [2.24, 2.45) is 0 Å². The van der Waals surface area contributed by atoms with Crippen LogP contribution >= 0.6 is 12.4 Å². The Morgan fingerprint density at radius 1 is 1.28 bits per heavy atom. The Bertz CT molecular complexity index is 426. The molecule has 4 heteroatoms. The van der Waals surface area contributed by atoms with Gasteiger partial charge in [0, 0.05) is 12.1 Å². The number of nitrogens with one attached hydrogen (secondary N) is 2. The number of amides is 1. The fourth-order valence-electron chi connectivity index (χ4n) is 2.10. The third-order valence-corrected chi connectivity index (χ3v) is 2.90. The quantitative estimate of drug-likeness (QED) is 0.818. The van der Waals surface area contributed by atoms with Crippen molar-refractivity contribution >= 4 is 18.3 Å². The third kappa shape index (κ3) is 3.72. The van der Waals surface area contributed by atoms with Gasteiger partial charge in [0.2, 0.25) is 5.91 Å². The highest BCUT2D eigenvalue weighted by Crippen LogP contribution is 2.16. The van der Waals surface area contributed by atoms with Crippen molar-refractivity contribution in [3.63, 3.8) is 0 Å². The van der Waals surface area contributed by atoms with E-state index in [2.05, 4.69) is 22.8 Å². The van der Waals surface area contributed by atoms with Crippen molar-refractivity contribution in [3.8, 4) is 0 Å². The van der Waals surface area contributed by atoms with Gasteiger partial charge in [-0.15, -0.1) is 12.4 Å². The van der Waals surface area contributed by atoms with E-state index < -0.39 is 0 Å². The van der Waals surface area contributed by atoms with E-state index in [0.717, 1.165) is 13.0 Å². The number of carbonyl (C=O) groups is 1. The Morgan fingerprint density at radius 3 is 2.50 bits per heavy atom. The van der Waals surface area contributed by atoms with Crippen LogP contribution in [0.1, 0.15) is 31.9 Å². The van der Waals surface area contributed by atoms with E-state index in [1.165, 1.54) is 11.1 Å². The van der Waals surface area contributed by atoms with Crippen molar-refractivity contribution < 1.29 is 4.79 Å². The summed E-state index contributed by atoms with van der Waals surface area (Å²) < 4.78 is 0. The van der Waals surface area contributed by atoms with Gasteiger partial charge in [0.15, 0.2) is 0 Å². The molecule has 1 amide bonds. The smallest absolute Gasteiger partial charge is 0.237 e. The van der Waals surface area contributed by atoms with Gasteiger partial charge in [-0.05, 0) is 38.3 Å². The second kappa shape index (κ2) is 5.72. The Hall–Kier alpha value is -1.06. The van der Waals surface area contributed by atoms with Crippen LogP contribution in [0.5, 0.6) is 0 Å². The van der Waals surface area contributed by atoms with E-state index in [-0.39, 0.29) is 29.9 Å². The Labute approximate surface area is 115 Å². The highest BCUT2D eigenvalue weighted by molar-refractivity contribution is 5.85. The molecule has 0 fully saturated rings. The number of hydrogen-bond acceptors (Lipinski definition) is 2. The molecule has 3 nitrogen and oxygen atoms in total. The van der Waals surface area contributed by atoms with E-state index in [1.807, 2.05) is 32.9 Å². The maximum absolute atomic E-state index is 12.0. The van der Waals surface area contributed by atoms with Gasteiger partial charge in [-0.3, -0.25) is 4.79 Å². The molecule has 1 aliphatic heterocycles. The first-order valence-electron chi connectivity index (χ1n) is 6.08. The van der Waals surface area contributed by atoms with Gasteiger partial charge in [0.25, 0.3) is 0 Å². The first-order chi connectivity index (χ1) is 7.96. The predicted molar refractivity (Wildman–Crippen MR) is 75.9 cm³/mol. The SMILES string of the molecule is CC(C)(C)NC(=O)C1Cc2ccccc2CN1.Cl. The molecule has 0 radical (unpaired) electrons. The summed E-state index contributed by atoms with van der Waals surface area (Å²) in [6, 6.07) is 8.18. The van der Waals surface area contributed by atoms with Crippen LogP contribution in [0.15, 0.2) is 24.3 Å². The van der Waals surface area contributed by atoms with Crippen molar-refractivity contribution in [2.75, 3.05) is 0 Å². The van der Waals surface area contributed by atoms with Gasteiger partial charge < -0.3 is 10.6 Å². The summed E-state index contributed by atoms with van der Waals surface area (Å²) in [4.78, 5) is 12.0. The Balaban J connectivity index is 0.00000162. The van der Waals surface area contributed by atoms with Crippen LogP contribution < -0.4 is 10.6 Å². The highest BCUT2D eigenvalue weighted by atomic mass is 35.5. The van der Waals surface area contributed by atoms with Gasteiger partial charge in [0.1, 0.15) is 0 Å². The van der Waals surface area contributed by atoms with Crippen LogP contribution in [0, 0.1) is 0 Å². The lowest BCUT2D eigenvalue weighted by atomic mass is 9.95. The molecular formula is C14H21ClN2O. The van der Waals surface area contributed by atoms with Crippen molar-refractivity contribution in [1.82, 2.24) is 10.6 Å². The standard InChI is InChI=1S/C14H20N2O.ClH/c1-14(2,3)16-13(17)12-8-10-6-4-5-7-11(10)9-15-12;/h4-7,12,15H,8-9H2,1-3H3,(H,16,17);1H. The monoisotopic (exact) mass is 268 g/mol. The molecule has 1 unspecified atom stereocenters. The first-order valence-corrected chi connectivity index (χ1v) is 6.08. The number of halogens is 1. The van der Waals surface area contributed by atoms with E-state index in [4.69, 9.17) is 0 Å². The van der Waals surface area contributed by atoms with E-state index in [0.29, 0.717) is 0 Å². The fourth-order valence-corrected chi connectivity index (χ4v) is 2.10. The van der Waals surface area contributed by atoms with Crippen molar-refractivity contribution in [2.45, 2.75) is 45.3 Å². The second-order valence-electron chi connectivity index (χ2n) is 5.65. The molecule has 0 saturated heterocycles. The Kier molecular flexibility index (Phi) is 4.77. The largest absolute Gasteiger partial charge is 0.350 e. The molecule has 2 rings (SSSR count). The highest BCUT2D eigenvalue weighted by Gasteiger charge is 2.26. The lowest BCUT2D eigenvalue weighted by molar-refractivity contribution is -0.124. The minimum Gasteiger partial charge on any atom is -0.350 e. The third-order valence-electron chi connectivity index (χ3n) is 2.90. The molecule has 1 aliphatic rings. The number of benzene rings is 1. The summed E-state index contributed by atoms with van der Waals surface area (Å²) in [5.41, 5.74) is 2.41. The topological polar surface area (TPSA) is 41.1 Å². The van der Waals surface area contributed by atoms with Gasteiger partial charge >= 0.3 is 0 Å². The molecule has 0 spiro atoms. The molecule has 0 bridgehead atoms. The molecular weight excluding hydrogens is 248 g/mol. The van der Waals surface area contributed by atoms with Crippen LogP contribution in [0.3, 0.4) is 0 Å². The van der Waals surface area contributed by atoms with Gasteiger partial charge in [-0.1, -0.05) is 24.3 Å². The zero-order valence-corrected chi connectivity index (χ0v) is 11.9. The zero-order chi connectivity index (χ0) is 12.5. The molecule has 1 aromatic carbocycles. The zero-order valence-electron chi connectivity index (χ0n) is 11.1. The normalized spacial score (nSPS) is 18.5. The second-order valence-corrected chi connectivity index (χ2v) is 5.65. The van der Waals surface area contributed by atoms with Crippen molar-refractivity contribution in [3.05, 3.63) is 35.4 Å². The molecule has 100 valence electrons. The number of rotatable bonds is 1. The molecule has 18 heavy (non-hydrogen) atoms. The van der Waals surface area contributed by atoms with Crippen LogP contribution in [0.2, 0.25) is 0 Å². The molecule has 0 aliphatic carbocycles. The number of fused-ring (bicyclic) bond motifs is 1. The van der Waals surface area contributed by atoms with E-state index >= 15 is 0 Å². The fraction of sp³-hybridized carbons (Fsp3) is 0.500. The molecule has 1 aromatic rings. The summed E-state index contributed by atoms with van der Waals surface area (Å²) in [7, 11) is 0. The first kappa shape index (κ1) is 15.0. The lowest BCUT2D eigenvalue weighted by Gasteiger charge is -2.29. The molecule has 0 aromatic heterocycles. The maximum atomic E-state index is 12.0. The summed E-state index contributed by atoms with van der Waals surface area (Å²) in [6.07, 6.45) is 0.776. The summed E-state index contributed by atoms with van der Waals surface area (Å²) in [5, 5.41) is 6.30. The molecule has 2 N–H and O–H groups in total. The van der Waals surface area contributed by atoms with Gasteiger partial charge in [0.05, 0.1) is 6.04 Å². The summed E-state index contributed by atoms with van der Waals surface area (Å²) in [6.45, 7) is 6.78. The predicted octanol–water partition coefficient (Wildman–Crippen LogP) is 2.04. The molecule has 1 atom stereocenters. The van der Waals surface area contributed by atoms with Crippen molar-refractivity contribution in [1.29, 1.82) is 0 Å². The molecule has 1 heterocycles. The maximum Gasteiger partial charge on any atom is 0.237 e. The van der Waals surface area contributed by atoms with Crippen LogP contribution in [0.4, 0.5) is 0 Å². The lowest BCUT2D eigenvalue weighted by Crippen LogP contribution is -2.52. The summed E-state index contributed by atoms with van der Waals surface area (Å²) in [5.74, 6) is 0.0898.